The second-order valence-corrected chi connectivity index (χ2v) is 4.54. The van der Waals surface area contributed by atoms with Crippen molar-refractivity contribution in [2.75, 3.05) is 0 Å². The van der Waals surface area contributed by atoms with Gasteiger partial charge >= 0.3 is 0 Å². The minimum atomic E-state index is -0.757. The normalized spacial score (nSPS) is 14.2. The molecule has 2 N–H and O–H groups in total. The third-order valence-electron chi connectivity index (χ3n) is 2.32. The summed E-state index contributed by atoms with van der Waals surface area (Å²) in [5.41, 5.74) is 0. The maximum absolute atomic E-state index is 9.76. The largest absolute Gasteiger partial charge is 0.466 e. The van der Waals surface area contributed by atoms with Gasteiger partial charge < -0.3 is 9.84 Å². The first-order chi connectivity index (χ1) is 8.58. The van der Waals surface area contributed by atoms with Gasteiger partial charge in [-0.2, -0.15) is 0 Å². The molecule has 2 aromatic rings. The van der Waals surface area contributed by atoms with Crippen LogP contribution in [-0.4, -0.2) is 26.0 Å². The maximum atomic E-state index is 9.76. The van der Waals surface area contributed by atoms with Gasteiger partial charge in [-0.3, -0.25) is 5.10 Å². The van der Waals surface area contributed by atoms with Crippen LogP contribution in [0.15, 0.2) is 30.6 Å². The predicted molar refractivity (Wildman–Crippen MR) is 70.2 cm³/mol. The van der Waals surface area contributed by atoms with Crippen LogP contribution in [0.3, 0.4) is 0 Å². The van der Waals surface area contributed by atoms with Crippen molar-refractivity contribution in [3.8, 4) is 5.75 Å². The topological polar surface area (TPSA) is 63.1 Å². The van der Waals surface area contributed by atoms with Crippen molar-refractivity contribution in [1.82, 2.24) is 14.8 Å². The number of hydrogen-bond acceptors (Lipinski definition) is 4. The smallest absolute Gasteiger partial charge is 0.219 e. The summed E-state index contributed by atoms with van der Waals surface area (Å²) in [5, 5.41) is 13.2. The van der Waals surface area contributed by atoms with Crippen LogP contribution in [-0.2, 0) is 0 Å². The van der Waals surface area contributed by atoms with Crippen LogP contribution in [0.2, 0.25) is 5.02 Å². The third-order valence-corrected chi connectivity index (χ3v) is 2.87. The zero-order valence-electron chi connectivity index (χ0n) is 9.58. The van der Waals surface area contributed by atoms with Crippen molar-refractivity contribution in [3.63, 3.8) is 0 Å². The van der Waals surface area contributed by atoms with Gasteiger partial charge in [-0.25, -0.2) is 9.67 Å². The molecule has 5 nitrogen and oxygen atoms in total. The Labute approximate surface area is 114 Å². The van der Waals surface area contributed by atoms with Gasteiger partial charge in [0.25, 0.3) is 0 Å². The summed E-state index contributed by atoms with van der Waals surface area (Å²) < 4.78 is 7.47. The molecule has 96 valence electrons. The first-order valence-corrected chi connectivity index (χ1v) is 6.09. The van der Waals surface area contributed by atoms with E-state index in [1.54, 1.807) is 31.2 Å². The number of aromatic amines is 1. The molecule has 7 heteroatoms. The number of nitrogens with zero attached hydrogens (tertiary/aromatic N) is 2. The second kappa shape index (κ2) is 5.51. The highest BCUT2D eigenvalue weighted by atomic mass is 35.5. The summed E-state index contributed by atoms with van der Waals surface area (Å²) in [4.78, 5) is 3.89. The molecule has 0 fully saturated rings. The number of benzene rings is 1. The Bertz CT molecular complexity index is 564. The Balaban J connectivity index is 2.25. The SMILES string of the molecule is CC(O)C(Oc1ccc(Cl)cc1)n1[nH]cnc1=S. The van der Waals surface area contributed by atoms with Crippen molar-refractivity contribution >= 4 is 23.8 Å². The van der Waals surface area contributed by atoms with E-state index in [9.17, 15) is 5.11 Å². The van der Waals surface area contributed by atoms with Gasteiger partial charge in [-0.1, -0.05) is 11.6 Å². The van der Waals surface area contributed by atoms with E-state index < -0.39 is 12.3 Å². The minimum Gasteiger partial charge on any atom is -0.466 e. The lowest BCUT2D eigenvalue weighted by atomic mass is 10.3. The van der Waals surface area contributed by atoms with Crippen molar-refractivity contribution in [2.45, 2.75) is 19.3 Å². The van der Waals surface area contributed by atoms with Crippen LogP contribution in [0.5, 0.6) is 5.75 Å². The van der Waals surface area contributed by atoms with Crippen molar-refractivity contribution in [2.24, 2.45) is 0 Å². The monoisotopic (exact) mass is 285 g/mol. The molecule has 0 aliphatic carbocycles. The predicted octanol–water partition coefficient (Wildman–Crippen LogP) is 2.55. The molecule has 0 aliphatic heterocycles. The lowest BCUT2D eigenvalue weighted by Crippen LogP contribution is -2.28. The molecule has 0 bridgehead atoms. The number of ether oxygens (including phenoxy) is 1. The van der Waals surface area contributed by atoms with Gasteiger partial charge in [0, 0.05) is 5.02 Å². The lowest BCUT2D eigenvalue weighted by Gasteiger charge is -2.22. The van der Waals surface area contributed by atoms with Crippen LogP contribution in [0, 0.1) is 4.77 Å². The number of aliphatic hydroxyl groups excluding tert-OH is 1. The van der Waals surface area contributed by atoms with E-state index >= 15 is 0 Å². The highest BCUT2D eigenvalue weighted by molar-refractivity contribution is 7.71. The molecule has 2 atom stereocenters. The number of rotatable bonds is 4. The van der Waals surface area contributed by atoms with Crippen molar-refractivity contribution in [3.05, 3.63) is 40.4 Å². The van der Waals surface area contributed by atoms with Crippen LogP contribution in [0.1, 0.15) is 13.2 Å². The molecule has 0 amide bonds. The molecule has 0 saturated heterocycles. The number of nitrogens with one attached hydrogen (secondary N) is 1. The number of aromatic nitrogens is 3. The van der Waals surface area contributed by atoms with Gasteiger partial charge in [-0.15, -0.1) is 0 Å². The van der Waals surface area contributed by atoms with Crippen LogP contribution >= 0.6 is 23.8 Å². The van der Waals surface area contributed by atoms with E-state index in [0.29, 0.717) is 15.5 Å². The van der Waals surface area contributed by atoms with Gasteiger partial charge in [0.2, 0.25) is 11.0 Å². The summed E-state index contributed by atoms with van der Waals surface area (Å²) in [6.45, 7) is 1.61. The Morgan fingerprint density at radius 3 is 2.61 bits per heavy atom. The van der Waals surface area contributed by atoms with Crippen molar-refractivity contribution in [1.29, 1.82) is 0 Å². The fourth-order valence-corrected chi connectivity index (χ4v) is 1.80. The fourth-order valence-electron chi connectivity index (χ4n) is 1.47. The minimum absolute atomic E-state index is 0.315. The van der Waals surface area contributed by atoms with Crippen LogP contribution < -0.4 is 4.74 Å². The summed E-state index contributed by atoms with van der Waals surface area (Å²) in [7, 11) is 0. The molecule has 0 aliphatic rings. The van der Waals surface area contributed by atoms with Gasteiger partial charge in [-0.05, 0) is 43.4 Å². The number of hydrogen-bond donors (Lipinski definition) is 2. The van der Waals surface area contributed by atoms with E-state index in [1.807, 2.05) is 0 Å². The fraction of sp³-hybridized carbons (Fsp3) is 0.273. The molecule has 2 unspecified atom stereocenters. The Kier molecular flexibility index (Phi) is 4.00. The highest BCUT2D eigenvalue weighted by Crippen LogP contribution is 2.21. The molecule has 2 rings (SSSR count). The van der Waals surface area contributed by atoms with Crippen LogP contribution in [0.4, 0.5) is 0 Å². The standard InChI is InChI=1S/C11H12ClN3O2S/c1-7(16)10(15-11(18)13-6-14-15)17-9-4-2-8(12)3-5-9/h2-7,10,16H,1H3,(H,13,14,18). The molecular weight excluding hydrogens is 274 g/mol. The van der Waals surface area contributed by atoms with Gasteiger partial charge in [0.05, 0.1) is 0 Å². The highest BCUT2D eigenvalue weighted by Gasteiger charge is 2.20. The maximum Gasteiger partial charge on any atom is 0.219 e. The second-order valence-electron chi connectivity index (χ2n) is 3.74. The average Bonchev–Trinajstić information content (AvgIpc) is 2.74. The van der Waals surface area contributed by atoms with E-state index in [1.165, 1.54) is 11.0 Å². The molecule has 18 heavy (non-hydrogen) atoms. The molecule has 1 aromatic heterocycles. The van der Waals surface area contributed by atoms with E-state index in [2.05, 4.69) is 10.1 Å². The van der Waals surface area contributed by atoms with E-state index in [0.717, 1.165) is 0 Å². The molecular formula is C11H12ClN3O2S. The number of halogens is 1. The summed E-state index contributed by atoms with van der Waals surface area (Å²) in [6.07, 6.45) is 0.0251. The van der Waals surface area contributed by atoms with E-state index in [4.69, 9.17) is 28.6 Å². The molecule has 0 spiro atoms. The average molecular weight is 286 g/mol. The lowest BCUT2D eigenvalue weighted by molar-refractivity contribution is -0.00777. The Morgan fingerprint density at radius 1 is 1.44 bits per heavy atom. The zero-order chi connectivity index (χ0) is 13.1. The van der Waals surface area contributed by atoms with Crippen LogP contribution in [0.25, 0.3) is 0 Å². The molecule has 0 saturated carbocycles. The Morgan fingerprint density at radius 2 is 2.11 bits per heavy atom. The summed E-state index contributed by atoms with van der Waals surface area (Å²) in [5.74, 6) is 0.585. The summed E-state index contributed by atoms with van der Waals surface area (Å²) >= 11 is 10.8. The first-order valence-electron chi connectivity index (χ1n) is 5.30. The Hall–Kier alpha value is -1.37. The molecule has 1 aromatic carbocycles. The van der Waals surface area contributed by atoms with Gasteiger partial charge in [0.15, 0.2) is 0 Å². The first kappa shape index (κ1) is 13.1. The third kappa shape index (κ3) is 2.90. The van der Waals surface area contributed by atoms with E-state index in [-0.39, 0.29) is 0 Å². The molecule has 0 radical (unpaired) electrons. The zero-order valence-corrected chi connectivity index (χ0v) is 11.1. The summed E-state index contributed by atoms with van der Waals surface area (Å²) in [6, 6.07) is 6.86. The van der Waals surface area contributed by atoms with Gasteiger partial charge in [0.1, 0.15) is 18.2 Å². The quantitative estimate of drug-likeness (QED) is 0.848. The number of H-pyrrole nitrogens is 1. The van der Waals surface area contributed by atoms with Crippen molar-refractivity contribution < 1.29 is 9.84 Å². The number of aliphatic hydroxyl groups is 1. The molecule has 1 heterocycles.